The van der Waals surface area contributed by atoms with E-state index in [0.29, 0.717) is 28.5 Å². The molecule has 5 heteroatoms. The molecule has 0 saturated carbocycles. The van der Waals surface area contributed by atoms with Crippen molar-refractivity contribution in [2.75, 3.05) is 14.2 Å². The molecule has 0 radical (unpaired) electrons. The molecular weight excluding hydrogens is 230 g/mol. The van der Waals surface area contributed by atoms with E-state index >= 15 is 0 Å². The van der Waals surface area contributed by atoms with Gasteiger partial charge in [0.1, 0.15) is 22.3 Å². The third-order valence-corrected chi connectivity index (χ3v) is 2.54. The summed E-state index contributed by atoms with van der Waals surface area (Å²) in [5, 5.41) is 18.6. The van der Waals surface area contributed by atoms with Gasteiger partial charge in [-0.25, -0.2) is 0 Å². The van der Waals surface area contributed by atoms with Crippen molar-refractivity contribution in [1.82, 2.24) is 0 Å². The molecule has 1 N–H and O–H groups in total. The van der Waals surface area contributed by atoms with Gasteiger partial charge in [0.05, 0.1) is 20.3 Å². The molecule has 86 valence electrons. The van der Waals surface area contributed by atoms with E-state index in [-0.39, 0.29) is 12.2 Å². The maximum Gasteiger partial charge on any atom is 0.148 e. The largest absolute Gasteiger partial charge is 0.507 e. The Bertz CT molecular complexity index is 426. The predicted octanol–water partition coefficient (Wildman–Crippen LogP) is 2.52. The molecular formula is C11H12ClNO3. The molecule has 0 unspecified atom stereocenters. The molecule has 1 rings (SSSR count). The topological polar surface area (TPSA) is 62.5 Å². The van der Waals surface area contributed by atoms with E-state index in [4.69, 9.17) is 26.3 Å². The number of rotatable bonds is 4. The van der Waals surface area contributed by atoms with E-state index in [1.165, 1.54) is 20.3 Å². The number of nitrogens with zero attached hydrogens (tertiary/aromatic N) is 1. The summed E-state index contributed by atoms with van der Waals surface area (Å²) in [6.07, 6.45) is 0.668. The van der Waals surface area contributed by atoms with Crippen LogP contribution in [0.15, 0.2) is 6.07 Å². The quantitative estimate of drug-likeness (QED) is 0.880. The molecule has 0 amide bonds. The predicted molar refractivity (Wildman–Crippen MR) is 60.2 cm³/mol. The second-order valence-electron chi connectivity index (χ2n) is 3.08. The van der Waals surface area contributed by atoms with Crippen molar-refractivity contribution in [1.29, 1.82) is 5.26 Å². The number of phenols is 1. The van der Waals surface area contributed by atoms with Crippen LogP contribution in [0.5, 0.6) is 17.2 Å². The number of benzene rings is 1. The Morgan fingerprint density at radius 2 is 2.12 bits per heavy atom. The van der Waals surface area contributed by atoms with Gasteiger partial charge < -0.3 is 14.6 Å². The van der Waals surface area contributed by atoms with Gasteiger partial charge >= 0.3 is 0 Å². The molecule has 16 heavy (non-hydrogen) atoms. The summed E-state index contributed by atoms with van der Waals surface area (Å²) in [5.74, 6) is 0.721. The highest BCUT2D eigenvalue weighted by Gasteiger charge is 2.17. The number of ether oxygens (including phenoxy) is 2. The lowest BCUT2D eigenvalue weighted by Gasteiger charge is -2.14. The summed E-state index contributed by atoms with van der Waals surface area (Å²) in [6, 6.07) is 3.42. The van der Waals surface area contributed by atoms with E-state index < -0.39 is 0 Å². The van der Waals surface area contributed by atoms with Crippen molar-refractivity contribution < 1.29 is 14.6 Å². The number of nitriles is 1. The third kappa shape index (κ3) is 2.31. The smallest absolute Gasteiger partial charge is 0.148 e. The van der Waals surface area contributed by atoms with Crippen LogP contribution in [0.25, 0.3) is 0 Å². The number of phenolic OH excluding ortho intramolecular Hbond substituents is 1. The van der Waals surface area contributed by atoms with Crippen LogP contribution >= 0.6 is 11.6 Å². The molecule has 0 aliphatic carbocycles. The van der Waals surface area contributed by atoms with Crippen molar-refractivity contribution >= 4 is 11.6 Å². The zero-order valence-electron chi connectivity index (χ0n) is 9.08. The van der Waals surface area contributed by atoms with Crippen LogP contribution in [0, 0.1) is 11.3 Å². The van der Waals surface area contributed by atoms with Crippen LogP contribution in [-0.4, -0.2) is 19.3 Å². The molecule has 0 fully saturated rings. The highest BCUT2D eigenvalue weighted by atomic mass is 35.5. The molecule has 0 aliphatic rings. The van der Waals surface area contributed by atoms with Crippen LogP contribution < -0.4 is 9.47 Å². The van der Waals surface area contributed by atoms with E-state index in [1.54, 1.807) is 0 Å². The fourth-order valence-corrected chi connectivity index (χ4v) is 1.74. The highest BCUT2D eigenvalue weighted by molar-refractivity contribution is 6.33. The van der Waals surface area contributed by atoms with Crippen LogP contribution in [0.2, 0.25) is 5.02 Å². The fourth-order valence-electron chi connectivity index (χ4n) is 1.42. The van der Waals surface area contributed by atoms with Gasteiger partial charge in [-0.05, 0) is 6.42 Å². The number of methoxy groups -OCH3 is 2. The molecule has 4 nitrogen and oxygen atoms in total. The Morgan fingerprint density at radius 3 is 2.62 bits per heavy atom. The molecule has 0 aliphatic heterocycles. The first-order valence-electron chi connectivity index (χ1n) is 4.65. The average Bonchev–Trinajstić information content (AvgIpc) is 2.29. The number of halogens is 1. The SMILES string of the molecule is COc1cc(O)c(CCC#N)c(OC)c1Cl. The zero-order chi connectivity index (χ0) is 12.1. The highest BCUT2D eigenvalue weighted by Crippen LogP contribution is 2.42. The minimum atomic E-state index is 0.0216. The van der Waals surface area contributed by atoms with Gasteiger partial charge in [0.25, 0.3) is 0 Å². The maximum atomic E-state index is 9.76. The Morgan fingerprint density at radius 1 is 1.44 bits per heavy atom. The molecule has 1 aromatic carbocycles. The minimum Gasteiger partial charge on any atom is -0.507 e. The van der Waals surface area contributed by atoms with Crippen LogP contribution in [0.3, 0.4) is 0 Å². The van der Waals surface area contributed by atoms with Crippen molar-refractivity contribution in [3.63, 3.8) is 0 Å². The average molecular weight is 242 g/mol. The summed E-state index contributed by atoms with van der Waals surface area (Å²) >= 11 is 6.02. The van der Waals surface area contributed by atoms with Gasteiger partial charge in [0.2, 0.25) is 0 Å². The van der Waals surface area contributed by atoms with E-state index in [9.17, 15) is 5.11 Å². The first-order chi connectivity index (χ1) is 7.65. The molecule has 0 aromatic heterocycles. The van der Waals surface area contributed by atoms with Gasteiger partial charge in [-0.2, -0.15) is 5.26 Å². The van der Waals surface area contributed by atoms with Crippen LogP contribution in [-0.2, 0) is 6.42 Å². The molecule has 1 aromatic rings. The van der Waals surface area contributed by atoms with Gasteiger partial charge in [-0.15, -0.1) is 0 Å². The second-order valence-corrected chi connectivity index (χ2v) is 3.46. The third-order valence-electron chi connectivity index (χ3n) is 2.18. The van der Waals surface area contributed by atoms with Crippen molar-refractivity contribution in [2.45, 2.75) is 12.8 Å². The molecule has 0 bridgehead atoms. The Kier molecular flexibility index (Phi) is 4.27. The molecule has 0 heterocycles. The monoisotopic (exact) mass is 241 g/mol. The van der Waals surface area contributed by atoms with Crippen molar-refractivity contribution in [3.05, 3.63) is 16.7 Å². The summed E-state index contributed by atoms with van der Waals surface area (Å²) in [7, 11) is 2.91. The lowest BCUT2D eigenvalue weighted by atomic mass is 10.1. The van der Waals surface area contributed by atoms with E-state index in [1.807, 2.05) is 6.07 Å². The van der Waals surface area contributed by atoms with Crippen molar-refractivity contribution in [2.24, 2.45) is 0 Å². The lowest BCUT2D eigenvalue weighted by molar-refractivity contribution is 0.380. The fraction of sp³-hybridized carbons (Fsp3) is 0.364. The first-order valence-corrected chi connectivity index (χ1v) is 5.02. The number of hydrogen-bond acceptors (Lipinski definition) is 4. The van der Waals surface area contributed by atoms with Gasteiger partial charge in [0, 0.05) is 18.1 Å². The molecule has 0 saturated heterocycles. The van der Waals surface area contributed by atoms with Gasteiger partial charge in [-0.3, -0.25) is 0 Å². The Hall–Kier alpha value is -1.60. The van der Waals surface area contributed by atoms with Gasteiger partial charge in [0.15, 0.2) is 0 Å². The Labute approximate surface area is 99.0 Å². The van der Waals surface area contributed by atoms with Crippen molar-refractivity contribution in [3.8, 4) is 23.3 Å². The summed E-state index contributed by atoms with van der Waals surface area (Å²) < 4.78 is 10.1. The summed E-state index contributed by atoms with van der Waals surface area (Å²) in [6.45, 7) is 0. The van der Waals surface area contributed by atoms with Gasteiger partial charge in [-0.1, -0.05) is 11.6 Å². The normalized spacial score (nSPS) is 9.62. The lowest BCUT2D eigenvalue weighted by Crippen LogP contribution is -1.96. The molecule has 0 atom stereocenters. The van der Waals surface area contributed by atoms with E-state index in [0.717, 1.165) is 0 Å². The standard InChI is InChI=1S/C11H12ClNO3/c1-15-9-6-8(14)7(4-3-5-13)11(16-2)10(9)12/h6,14H,3-4H2,1-2H3. The zero-order valence-corrected chi connectivity index (χ0v) is 9.84. The van der Waals surface area contributed by atoms with E-state index in [2.05, 4.69) is 0 Å². The number of aromatic hydroxyl groups is 1. The first kappa shape index (κ1) is 12.5. The number of hydrogen-bond donors (Lipinski definition) is 1. The maximum absolute atomic E-state index is 9.76. The second kappa shape index (κ2) is 5.47. The van der Waals surface area contributed by atoms with Crippen LogP contribution in [0.1, 0.15) is 12.0 Å². The Balaban J connectivity index is 3.26. The summed E-state index contributed by atoms with van der Waals surface area (Å²) in [4.78, 5) is 0. The minimum absolute atomic E-state index is 0.0216. The molecule has 0 spiro atoms. The van der Waals surface area contributed by atoms with Crippen LogP contribution in [0.4, 0.5) is 0 Å². The summed E-state index contributed by atoms with van der Waals surface area (Å²) in [5.41, 5.74) is 0.523.